The number of aliphatic hydroxyl groups excluding tert-OH is 1. The van der Waals surface area contributed by atoms with Gasteiger partial charge in [-0.15, -0.1) is 0 Å². The van der Waals surface area contributed by atoms with Gasteiger partial charge in [0.25, 0.3) is 0 Å². The molecule has 0 fully saturated rings. The number of nitrogens with zero attached hydrogens (tertiary/aromatic N) is 2. The summed E-state index contributed by atoms with van der Waals surface area (Å²) < 4.78 is 5.62. The predicted molar refractivity (Wildman–Crippen MR) is 84.6 cm³/mol. The van der Waals surface area contributed by atoms with Gasteiger partial charge >= 0.3 is 0 Å². The molecule has 0 bridgehead atoms. The maximum Gasteiger partial charge on any atom is 0.142 e. The zero-order chi connectivity index (χ0) is 15.9. The number of anilines is 1. The number of nitriles is 1. The molecule has 0 saturated heterocycles. The summed E-state index contributed by atoms with van der Waals surface area (Å²) in [5, 5.41) is 22.1. The molecule has 0 aliphatic carbocycles. The van der Waals surface area contributed by atoms with Crippen LogP contribution in [0.2, 0.25) is 0 Å². The minimum absolute atomic E-state index is 0.0865. The highest BCUT2D eigenvalue weighted by Gasteiger charge is 2.09. The topological polar surface area (TPSA) is 78.2 Å². The van der Waals surface area contributed by atoms with Crippen LogP contribution in [0.1, 0.15) is 31.2 Å². The van der Waals surface area contributed by atoms with E-state index >= 15 is 0 Å². The quantitative estimate of drug-likeness (QED) is 0.857. The van der Waals surface area contributed by atoms with E-state index in [0.717, 1.165) is 11.3 Å². The molecule has 0 amide bonds. The first-order chi connectivity index (χ1) is 10.6. The molecule has 2 rings (SSSR count). The van der Waals surface area contributed by atoms with E-state index in [-0.39, 0.29) is 6.10 Å². The van der Waals surface area contributed by atoms with Crippen molar-refractivity contribution in [2.75, 3.05) is 11.9 Å². The van der Waals surface area contributed by atoms with Crippen molar-refractivity contribution in [2.24, 2.45) is 0 Å². The molecule has 114 valence electrons. The average molecular weight is 297 g/mol. The number of nitrogens with one attached hydrogen (secondary N) is 1. The van der Waals surface area contributed by atoms with Crippen LogP contribution in [0.5, 0.6) is 5.75 Å². The highest BCUT2D eigenvalue weighted by atomic mass is 16.5. The van der Waals surface area contributed by atoms with Crippen molar-refractivity contribution in [3.05, 3.63) is 53.7 Å². The van der Waals surface area contributed by atoms with Crippen LogP contribution >= 0.6 is 0 Å². The highest BCUT2D eigenvalue weighted by Crippen LogP contribution is 2.20. The van der Waals surface area contributed by atoms with Gasteiger partial charge in [-0.2, -0.15) is 5.26 Å². The van der Waals surface area contributed by atoms with Gasteiger partial charge in [-0.1, -0.05) is 18.2 Å². The molecule has 0 aliphatic rings. The van der Waals surface area contributed by atoms with Gasteiger partial charge in [0, 0.05) is 6.54 Å². The standard InChI is InChI=1S/C17H19N3O2/c1-12(2)22-15-7-3-5-13(9-15)16(21)11-19-17-8-4-6-14(10-18)20-17/h3-9,12,16,21H,11H2,1-2H3,(H,19,20). The molecule has 2 N–H and O–H groups in total. The van der Waals surface area contributed by atoms with Crippen molar-refractivity contribution < 1.29 is 9.84 Å². The Morgan fingerprint density at radius 3 is 2.77 bits per heavy atom. The van der Waals surface area contributed by atoms with Crippen molar-refractivity contribution in [2.45, 2.75) is 26.1 Å². The van der Waals surface area contributed by atoms with Gasteiger partial charge in [-0.3, -0.25) is 0 Å². The number of hydrogen-bond donors (Lipinski definition) is 2. The second kappa shape index (κ2) is 7.43. The number of benzene rings is 1. The summed E-state index contributed by atoms with van der Waals surface area (Å²) in [6.45, 7) is 4.21. The van der Waals surface area contributed by atoms with Gasteiger partial charge in [-0.25, -0.2) is 4.98 Å². The first-order valence-corrected chi connectivity index (χ1v) is 7.14. The molecule has 1 unspecified atom stereocenters. The Morgan fingerprint density at radius 1 is 1.27 bits per heavy atom. The lowest BCUT2D eigenvalue weighted by molar-refractivity contribution is 0.189. The second-order valence-electron chi connectivity index (χ2n) is 5.16. The Bertz CT molecular complexity index is 665. The van der Waals surface area contributed by atoms with Crippen molar-refractivity contribution in [1.29, 1.82) is 5.26 Å². The Hall–Kier alpha value is -2.58. The fourth-order valence-corrected chi connectivity index (χ4v) is 1.98. The third kappa shape index (κ3) is 4.47. The molecular weight excluding hydrogens is 278 g/mol. The lowest BCUT2D eigenvalue weighted by Crippen LogP contribution is -2.13. The lowest BCUT2D eigenvalue weighted by Gasteiger charge is -2.15. The summed E-state index contributed by atoms with van der Waals surface area (Å²) in [5.41, 5.74) is 1.11. The molecule has 5 heteroatoms. The molecule has 1 aromatic carbocycles. The van der Waals surface area contributed by atoms with Crippen LogP contribution in [-0.2, 0) is 0 Å². The highest BCUT2D eigenvalue weighted by molar-refractivity contribution is 5.39. The minimum atomic E-state index is -0.691. The monoisotopic (exact) mass is 297 g/mol. The Balaban J connectivity index is 2.00. The van der Waals surface area contributed by atoms with Crippen LogP contribution < -0.4 is 10.1 Å². The maximum absolute atomic E-state index is 10.3. The summed E-state index contributed by atoms with van der Waals surface area (Å²) in [6, 6.07) is 14.5. The van der Waals surface area contributed by atoms with Gasteiger partial charge in [0.05, 0.1) is 12.2 Å². The smallest absolute Gasteiger partial charge is 0.142 e. The summed E-state index contributed by atoms with van der Waals surface area (Å²) in [7, 11) is 0. The normalized spacial score (nSPS) is 11.8. The predicted octanol–water partition coefficient (Wildman–Crippen LogP) is 2.89. The number of hydrogen-bond acceptors (Lipinski definition) is 5. The molecule has 0 radical (unpaired) electrons. The fraction of sp³-hybridized carbons (Fsp3) is 0.294. The minimum Gasteiger partial charge on any atom is -0.491 e. The van der Waals surface area contributed by atoms with E-state index in [4.69, 9.17) is 10.00 Å². The van der Waals surface area contributed by atoms with Gasteiger partial charge in [-0.05, 0) is 43.7 Å². The molecular formula is C17H19N3O2. The maximum atomic E-state index is 10.3. The van der Waals surface area contributed by atoms with Crippen LogP contribution in [0.3, 0.4) is 0 Å². The van der Waals surface area contributed by atoms with E-state index in [9.17, 15) is 5.11 Å². The van der Waals surface area contributed by atoms with Gasteiger partial charge in [0.15, 0.2) is 0 Å². The van der Waals surface area contributed by atoms with Crippen molar-refractivity contribution in [3.8, 4) is 11.8 Å². The van der Waals surface area contributed by atoms with E-state index in [0.29, 0.717) is 18.1 Å². The Morgan fingerprint density at radius 2 is 2.05 bits per heavy atom. The van der Waals surface area contributed by atoms with Gasteiger partial charge in [0.2, 0.25) is 0 Å². The van der Waals surface area contributed by atoms with Crippen molar-refractivity contribution in [3.63, 3.8) is 0 Å². The second-order valence-corrected chi connectivity index (χ2v) is 5.16. The van der Waals surface area contributed by atoms with E-state index in [2.05, 4.69) is 10.3 Å². The van der Waals surface area contributed by atoms with Crippen molar-refractivity contribution >= 4 is 5.82 Å². The van der Waals surface area contributed by atoms with E-state index in [1.54, 1.807) is 18.2 Å². The number of pyridine rings is 1. The van der Waals surface area contributed by atoms with Crippen LogP contribution in [0.4, 0.5) is 5.82 Å². The van der Waals surface area contributed by atoms with E-state index < -0.39 is 6.10 Å². The zero-order valence-electron chi connectivity index (χ0n) is 12.7. The molecule has 0 aliphatic heterocycles. The van der Waals surface area contributed by atoms with E-state index in [1.165, 1.54) is 0 Å². The van der Waals surface area contributed by atoms with Crippen LogP contribution in [0.15, 0.2) is 42.5 Å². The third-order valence-electron chi connectivity index (χ3n) is 2.95. The molecule has 0 saturated carbocycles. The first-order valence-electron chi connectivity index (χ1n) is 7.14. The molecule has 0 spiro atoms. The Labute approximate surface area is 130 Å². The van der Waals surface area contributed by atoms with Gasteiger partial charge in [0.1, 0.15) is 23.3 Å². The van der Waals surface area contributed by atoms with Gasteiger partial charge < -0.3 is 15.2 Å². The summed E-state index contributed by atoms with van der Waals surface area (Å²) in [4.78, 5) is 4.11. The lowest BCUT2D eigenvalue weighted by atomic mass is 10.1. The Kier molecular flexibility index (Phi) is 5.34. The summed E-state index contributed by atoms with van der Waals surface area (Å²) in [6.07, 6.45) is -0.605. The molecule has 1 aromatic heterocycles. The summed E-state index contributed by atoms with van der Waals surface area (Å²) in [5.74, 6) is 1.30. The first kappa shape index (κ1) is 15.8. The largest absolute Gasteiger partial charge is 0.491 e. The zero-order valence-corrected chi connectivity index (χ0v) is 12.7. The van der Waals surface area contributed by atoms with Crippen LogP contribution in [-0.4, -0.2) is 22.7 Å². The molecule has 2 aromatic rings. The fourth-order valence-electron chi connectivity index (χ4n) is 1.98. The molecule has 5 nitrogen and oxygen atoms in total. The third-order valence-corrected chi connectivity index (χ3v) is 2.95. The number of ether oxygens (including phenoxy) is 1. The molecule has 22 heavy (non-hydrogen) atoms. The summed E-state index contributed by atoms with van der Waals surface area (Å²) >= 11 is 0. The van der Waals surface area contributed by atoms with E-state index in [1.807, 2.05) is 44.2 Å². The molecule has 1 heterocycles. The number of aromatic nitrogens is 1. The van der Waals surface area contributed by atoms with Crippen molar-refractivity contribution in [1.82, 2.24) is 4.98 Å². The van der Waals surface area contributed by atoms with Crippen LogP contribution in [0, 0.1) is 11.3 Å². The SMILES string of the molecule is CC(C)Oc1cccc(C(O)CNc2cccc(C#N)n2)c1. The number of aliphatic hydroxyl groups is 1. The average Bonchev–Trinajstić information content (AvgIpc) is 2.52. The van der Waals surface area contributed by atoms with Crippen LogP contribution in [0.25, 0.3) is 0 Å². The number of rotatable bonds is 6. The molecule has 1 atom stereocenters.